The quantitative estimate of drug-likeness (QED) is 0.590. The topological polar surface area (TPSA) is 149 Å². The number of rotatable bonds is 5. The Kier molecular flexibility index (Phi) is 4.23. The molecule has 0 atom stereocenters. The van der Waals surface area contributed by atoms with Gasteiger partial charge in [0.15, 0.2) is 0 Å². The van der Waals surface area contributed by atoms with Crippen molar-refractivity contribution in [2.24, 2.45) is 5.41 Å². The fourth-order valence-corrected chi connectivity index (χ4v) is 2.58. The van der Waals surface area contributed by atoms with Crippen LogP contribution in [0.3, 0.4) is 0 Å². The van der Waals surface area contributed by atoms with Gasteiger partial charge in [0, 0.05) is 0 Å². The SMILES string of the molecule is O=C(O)C1=C(c2ccc(C(=O)O)cc2)C=CCC1(C(=O)O)C(=O)O. The summed E-state index contributed by atoms with van der Waals surface area (Å²) in [6.07, 6.45) is 2.09. The highest BCUT2D eigenvalue weighted by Crippen LogP contribution is 2.42. The van der Waals surface area contributed by atoms with Crippen LogP contribution in [0.5, 0.6) is 0 Å². The van der Waals surface area contributed by atoms with Crippen LogP contribution in [0, 0.1) is 5.41 Å². The average molecular weight is 332 g/mol. The summed E-state index contributed by atoms with van der Waals surface area (Å²) in [5.41, 5.74) is -3.30. The molecule has 0 heterocycles. The summed E-state index contributed by atoms with van der Waals surface area (Å²) in [6.45, 7) is 0. The molecular weight excluding hydrogens is 320 g/mol. The smallest absolute Gasteiger partial charge is 0.335 e. The summed E-state index contributed by atoms with van der Waals surface area (Å²) in [6, 6.07) is 5.03. The van der Waals surface area contributed by atoms with E-state index in [1.807, 2.05) is 0 Å². The summed E-state index contributed by atoms with van der Waals surface area (Å²) in [5.74, 6) is -6.41. The highest BCUT2D eigenvalue weighted by Gasteiger charge is 2.54. The summed E-state index contributed by atoms with van der Waals surface area (Å²) in [4.78, 5) is 45.6. The summed E-state index contributed by atoms with van der Waals surface area (Å²) in [5, 5.41) is 37.1. The third-order valence-electron chi connectivity index (χ3n) is 3.79. The molecular formula is C16H12O8. The maximum absolute atomic E-state index is 11.6. The van der Waals surface area contributed by atoms with Gasteiger partial charge >= 0.3 is 23.9 Å². The average Bonchev–Trinajstić information content (AvgIpc) is 2.53. The molecule has 24 heavy (non-hydrogen) atoms. The van der Waals surface area contributed by atoms with E-state index in [0.717, 1.165) is 0 Å². The van der Waals surface area contributed by atoms with E-state index in [1.54, 1.807) is 0 Å². The van der Waals surface area contributed by atoms with E-state index in [0.29, 0.717) is 0 Å². The van der Waals surface area contributed by atoms with Crippen LogP contribution in [-0.4, -0.2) is 44.3 Å². The number of carboxylic acids is 4. The van der Waals surface area contributed by atoms with Crippen LogP contribution in [0.1, 0.15) is 22.3 Å². The van der Waals surface area contributed by atoms with Crippen molar-refractivity contribution in [2.75, 3.05) is 0 Å². The zero-order valence-corrected chi connectivity index (χ0v) is 12.1. The van der Waals surface area contributed by atoms with Gasteiger partial charge in [-0.25, -0.2) is 9.59 Å². The van der Waals surface area contributed by atoms with Crippen LogP contribution in [0.15, 0.2) is 42.0 Å². The van der Waals surface area contributed by atoms with E-state index in [2.05, 4.69) is 0 Å². The zero-order valence-electron chi connectivity index (χ0n) is 12.1. The normalized spacial score (nSPS) is 15.8. The van der Waals surface area contributed by atoms with E-state index >= 15 is 0 Å². The van der Waals surface area contributed by atoms with E-state index < -0.39 is 41.3 Å². The van der Waals surface area contributed by atoms with Gasteiger partial charge in [-0.3, -0.25) is 9.59 Å². The lowest BCUT2D eigenvalue weighted by Gasteiger charge is -2.29. The Hall–Kier alpha value is -3.42. The Morgan fingerprint density at radius 1 is 0.833 bits per heavy atom. The van der Waals surface area contributed by atoms with Crippen molar-refractivity contribution < 1.29 is 39.6 Å². The first-order valence-corrected chi connectivity index (χ1v) is 6.67. The van der Waals surface area contributed by atoms with E-state index in [4.69, 9.17) is 5.11 Å². The summed E-state index contributed by atoms with van der Waals surface area (Å²) >= 11 is 0. The Morgan fingerprint density at radius 2 is 1.38 bits per heavy atom. The molecule has 0 amide bonds. The van der Waals surface area contributed by atoms with E-state index in [1.165, 1.54) is 36.4 Å². The second kappa shape index (κ2) is 5.99. The lowest BCUT2D eigenvalue weighted by Crippen LogP contribution is -2.44. The monoisotopic (exact) mass is 332 g/mol. The molecule has 0 fully saturated rings. The van der Waals surface area contributed by atoms with E-state index in [9.17, 15) is 34.5 Å². The molecule has 0 aromatic heterocycles. The lowest BCUT2D eigenvalue weighted by atomic mass is 9.71. The van der Waals surface area contributed by atoms with Crippen molar-refractivity contribution in [3.8, 4) is 0 Å². The summed E-state index contributed by atoms with van der Waals surface area (Å²) < 4.78 is 0. The van der Waals surface area contributed by atoms with Crippen LogP contribution in [0.25, 0.3) is 5.57 Å². The third kappa shape index (κ3) is 2.54. The first kappa shape index (κ1) is 16.9. The van der Waals surface area contributed by atoms with Crippen molar-refractivity contribution in [3.05, 3.63) is 53.1 Å². The van der Waals surface area contributed by atoms with Crippen LogP contribution < -0.4 is 0 Å². The van der Waals surface area contributed by atoms with Crippen LogP contribution in [0.2, 0.25) is 0 Å². The van der Waals surface area contributed by atoms with Gasteiger partial charge in [0.2, 0.25) is 5.41 Å². The number of carboxylic acid groups (broad SMARTS) is 4. The minimum absolute atomic E-state index is 0.0428. The van der Waals surface area contributed by atoms with E-state index in [-0.39, 0.29) is 16.7 Å². The number of aliphatic carboxylic acids is 3. The molecule has 0 radical (unpaired) electrons. The first-order chi connectivity index (χ1) is 11.2. The van der Waals surface area contributed by atoms with Gasteiger partial charge in [0.05, 0.1) is 11.1 Å². The van der Waals surface area contributed by atoms with Gasteiger partial charge < -0.3 is 20.4 Å². The highest BCUT2D eigenvalue weighted by molar-refractivity contribution is 6.15. The molecule has 0 saturated heterocycles. The van der Waals surface area contributed by atoms with Crippen LogP contribution in [-0.2, 0) is 14.4 Å². The van der Waals surface area contributed by atoms with Gasteiger partial charge in [0.1, 0.15) is 0 Å². The minimum Gasteiger partial charge on any atom is -0.480 e. The van der Waals surface area contributed by atoms with Gasteiger partial charge in [0.25, 0.3) is 0 Å². The third-order valence-corrected chi connectivity index (χ3v) is 3.79. The zero-order chi connectivity index (χ0) is 18.1. The minimum atomic E-state index is -2.61. The van der Waals surface area contributed by atoms with Crippen molar-refractivity contribution in [1.82, 2.24) is 0 Å². The number of aromatic carboxylic acids is 1. The van der Waals surface area contributed by atoms with Gasteiger partial charge in [-0.2, -0.15) is 0 Å². The summed E-state index contributed by atoms with van der Waals surface area (Å²) in [7, 11) is 0. The van der Waals surface area contributed by atoms with Crippen LogP contribution >= 0.6 is 0 Å². The Balaban J connectivity index is 2.74. The molecule has 4 N–H and O–H groups in total. The van der Waals surface area contributed by atoms with Crippen molar-refractivity contribution in [2.45, 2.75) is 6.42 Å². The van der Waals surface area contributed by atoms with Gasteiger partial charge in [-0.05, 0) is 29.7 Å². The predicted octanol–water partition coefficient (Wildman–Crippen LogP) is 1.34. The molecule has 124 valence electrons. The molecule has 0 bridgehead atoms. The number of benzene rings is 1. The standard InChI is InChI=1S/C16H12O8/c17-12(18)9-5-3-8(4-6-9)10-2-1-7-16(14(21)22,15(23)24)11(10)13(19)20/h1-6H,7H2,(H,17,18)(H,19,20)(H,21,22)(H,23,24). The van der Waals surface area contributed by atoms with Gasteiger partial charge in [-0.15, -0.1) is 0 Å². The maximum atomic E-state index is 11.6. The second-order valence-corrected chi connectivity index (χ2v) is 5.10. The first-order valence-electron chi connectivity index (χ1n) is 6.67. The fourth-order valence-electron chi connectivity index (χ4n) is 2.58. The molecule has 8 nitrogen and oxygen atoms in total. The fraction of sp³-hybridized carbons (Fsp3) is 0.125. The molecule has 2 rings (SSSR count). The molecule has 1 aliphatic rings. The number of hydrogen-bond acceptors (Lipinski definition) is 4. The molecule has 0 unspecified atom stereocenters. The molecule has 0 aliphatic heterocycles. The predicted molar refractivity (Wildman–Crippen MR) is 79.4 cm³/mol. The molecule has 1 aliphatic carbocycles. The number of allylic oxidation sites excluding steroid dienone is 3. The van der Waals surface area contributed by atoms with Gasteiger partial charge in [-0.1, -0.05) is 24.3 Å². The Morgan fingerprint density at radius 3 is 1.79 bits per heavy atom. The second-order valence-electron chi connectivity index (χ2n) is 5.10. The van der Waals surface area contributed by atoms with Crippen molar-refractivity contribution in [3.63, 3.8) is 0 Å². The number of hydrogen-bond donors (Lipinski definition) is 4. The Bertz CT molecular complexity index is 784. The lowest BCUT2D eigenvalue weighted by molar-refractivity contribution is -0.163. The van der Waals surface area contributed by atoms with Crippen molar-refractivity contribution in [1.29, 1.82) is 0 Å². The maximum Gasteiger partial charge on any atom is 0.335 e. The molecule has 1 aromatic carbocycles. The molecule has 0 saturated carbocycles. The molecule has 8 heteroatoms. The highest BCUT2D eigenvalue weighted by atomic mass is 16.4. The largest absolute Gasteiger partial charge is 0.480 e. The van der Waals surface area contributed by atoms with Crippen LogP contribution in [0.4, 0.5) is 0 Å². The Labute approximate surface area is 135 Å². The van der Waals surface area contributed by atoms with Crippen molar-refractivity contribution >= 4 is 29.5 Å². The number of carbonyl (C=O) groups is 4. The molecule has 1 aromatic rings. The molecule has 0 spiro atoms.